The van der Waals surface area contributed by atoms with E-state index in [1.165, 1.54) is 0 Å². The second-order valence-corrected chi connectivity index (χ2v) is 6.63. The minimum atomic E-state index is -0.145. The van der Waals surface area contributed by atoms with Gasteiger partial charge in [0.25, 0.3) is 0 Å². The number of ether oxygens (including phenoxy) is 1. The molecule has 0 heterocycles. The van der Waals surface area contributed by atoms with Crippen molar-refractivity contribution in [1.82, 2.24) is 5.32 Å². The number of nitrogens with one attached hydrogen (secondary N) is 2. The van der Waals surface area contributed by atoms with Crippen molar-refractivity contribution in [1.29, 1.82) is 0 Å². The van der Waals surface area contributed by atoms with Crippen LogP contribution in [-0.4, -0.2) is 17.6 Å². The topological polar surface area (TPSA) is 50.4 Å². The van der Waals surface area contributed by atoms with Crippen molar-refractivity contribution in [2.75, 3.05) is 11.9 Å². The molecule has 0 saturated heterocycles. The molecular weight excluding hydrogens is 332 g/mol. The first kappa shape index (κ1) is 18.9. The van der Waals surface area contributed by atoms with Gasteiger partial charge < -0.3 is 15.4 Å². The third kappa shape index (κ3) is 7.35. The Hall–Kier alpha value is -2.40. The van der Waals surface area contributed by atoms with Gasteiger partial charge in [0.05, 0.1) is 13.0 Å². The highest BCUT2D eigenvalue weighted by Gasteiger charge is 2.06. The SMILES string of the molecule is CC(C)CCOc1cccc(NC(=S)NC(=O)Cc2ccccc2)c1. The number of rotatable bonds is 7. The molecule has 0 aliphatic carbocycles. The Balaban J connectivity index is 1.82. The normalized spacial score (nSPS) is 10.4. The van der Waals surface area contributed by atoms with Crippen molar-refractivity contribution in [3.8, 4) is 5.75 Å². The van der Waals surface area contributed by atoms with Crippen LogP contribution in [0, 0.1) is 5.92 Å². The van der Waals surface area contributed by atoms with Gasteiger partial charge in [-0.05, 0) is 42.3 Å². The van der Waals surface area contributed by atoms with Gasteiger partial charge in [0.1, 0.15) is 5.75 Å². The zero-order valence-corrected chi connectivity index (χ0v) is 15.4. The van der Waals surface area contributed by atoms with Gasteiger partial charge >= 0.3 is 0 Å². The molecule has 0 aromatic heterocycles. The second kappa shape index (κ2) is 9.79. The van der Waals surface area contributed by atoms with Crippen molar-refractivity contribution in [3.05, 3.63) is 60.2 Å². The number of hydrogen-bond acceptors (Lipinski definition) is 3. The number of amides is 1. The number of carbonyl (C=O) groups is 1. The third-order valence-electron chi connectivity index (χ3n) is 3.52. The monoisotopic (exact) mass is 356 g/mol. The summed E-state index contributed by atoms with van der Waals surface area (Å²) in [6.45, 7) is 5.01. The molecule has 0 aliphatic heterocycles. The van der Waals surface area contributed by atoms with Gasteiger partial charge in [-0.25, -0.2) is 0 Å². The van der Waals surface area contributed by atoms with Gasteiger partial charge in [-0.3, -0.25) is 4.79 Å². The molecule has 2 aromatic rings. The Morgan fingerprint density at radius 1 is 1.12 bits per heavy atom. The van der Waals surface area contributed by atoms with Crippen molar-refractivity contribution >= 4 is 28.9 Å². The molecule has 2 aromatic carbocycles. The van der Waals surface area contributed by atoms with Crippen molar-refractivity contribution in [2.45, 2.75) is 26.7 Å². The molecule has 0 spiro atoms. The van der Waals surface area contributed by atoms with E-state index in [0.29, 0.717) is 18.9 Å². The first-order valence-electron chi connectivity index (χ1n) is 8.40. The summed E-state index contributed by atoms with van der Waals surface area (Å²) in [6.07, 6.45) is 1.30. The van der Waals surface area contributed by atoms with Gasteiger partial charge in [0.2, 0.25) is 5.91 Å². The molecule has 0 atom stereocenters. The molecule has 0 fully saturated rings. The number of carbonyl (C=O) groups excluding carboxylic acids is 1. The van der Waals surface area contributed by atoms with E-state index in [0.717, 1.165) is 23.4 Å². The zero-order valence-electron chi connectivity index (χ0n) is 14.6. The first-order valence-corrected chi connectivity index (χ1v) is 8.81. The quantitative estimate of drug-likeness (QED) is 0.731. The average molecular weight is 356 g/mol. The van der Waals surface area contributed by atoms with Crippen LogP contribution in [-0.2, 0) is 11.2 Å². The fraction of sp³-hybridized carbons (Fsp3) is 0.300. The lowest BCUT2D eigenvalue weighted by Crippen LogP contribution is -2.35. The molecule has 0 saturated carbocycles. The predicted octanol–water partition coefficient (Wildman–Crippen LogP) is 4.17. The fourth-order valence-electron chi connectivity index (χ4n) is 2.19. The summed E-state index contributed by atoms with van der Waals surface area (Å²) >= 11 is 5.21. The van der Waals surface area contributed by atoms with Crippen molar-refractivity contribution < 1.29 is 9.53 Å². The highest BCUT2D eigenvalue weighted by atomic mass is 32.1. The summed E-state index contributed by atoms with van der Waals surface area (Å²) < 4.78 is 5.73. The minimum Gasteiger partial charge on any atom is -0.494 e. The van der Waals surface area contributed by atoms with Gasteiger partial charge in [-0.1, -0.05) is 50.2 Å². The minimum absolute atomic E-state index is 0.145. The van der Waals surface area contributed by atoms with Gasteiger partial charge in [-0.15, -0.1) is 0 Å². The van der Waals surface area contributed by atoms with E-state index in [9.17, 15) is 4.79 Å². The lowest BCUT2D eigenvalue weighted by molar-refractivity contribution is -0.119. The Kier molecular flexibility index (Phi) is 7.41. The van der Waals surface area contributed by atoms with Crippen LogP contribution in [0.25, 0.3) is 0 Å². The molecule has 4 nitrogen and oxygen atoms in total. The standard InChI is InChI=1S/C20H24N2O2S/c1-15(2)11-12-24-18-10-6-9-17(14-18)21-20(25)22-19(23)13-16-7-4-3-5-8-16/h3-10,14-15H,11-13H2,1-2H3,(H2,21,22,23,25). The van der Waals surface area contributed by atoms with E-state index in [4.69, 9.17) is 17.0 Å². The maximum Gasteiger partial charge on any atom is 0.230 e. The van der Waals surface area contributed by atoms with Crippen LogP contribution in [0.2, 0.25) is 0 Å². The summed E-state index contributed by atoms with van der Waals surface area (Å²) in [4.78, 5) is 12.0. The zero-order chi connectivity index (χ0) is 18.1. The fourth-order valence-corrected chi connectivity index (χ4v) is 2.42. The number of anilines is 1. The molecular formula is C20H24N2O2S. The molecule has 1 amide bonds. The van der Waals surface area contributed by atoms with E-state index < -0.39 is 0 Å². The van der Waals surface area contributed by atoms with Crippen LogP contribution < -0.4 is 15.4 Å². The highest BCUT2D eigenvalue weighted by Crippen LogP contribution is 2.18. The summed E-state index contributed by atoms with van der Waals surface area (Å²) in [5, 5.41) is 5.99. The molecule has 0 unspecified atom stereocenters. The molecule has 2 rings (SSSR count). The van der Waals surface area contributed by atoms with Crippen LogP contribution in [0.15, 0.2) is 54.6 Å². The predicted molar refractivity (Wildman–Crippen MR) is 106 cm³/mol. The lowest BCUT2D eigenvalue weighted by Gasteiger charge is -2.12. The summed E-state index contributed by atoms with van der Waals surface area (Å²) in [5.41, 5.74) is 1.73. The van der Waals surface area contributed by atoms with Gasteiger partial charge in [0.15, 0.2) is 5.11 Å². The van der Waals surface area contributed by atoms with Crippen LogP contribution >= 0.6 is 12.2 Å². The molecule has 25 heavy (non-hydrogen) atoms. The largest absolute Gasteiger partial charge is 0.494 e. The lowest BCUT2D eigenvalue weighted by atomic mass is 10.1. The third-order valence-corrected chi connectivity index (χ3v) is 3.72. The molecule has 5 heteroatoms. The van der Waals surface area contributed by atoms with Gasteiger partial charge in [0, 0.05) is 11.8 Å². The molecule has 0 bridgehead atoms. The molecule has 2 N–H and O–H groups in total. The number of thiocarbonyl (C=S) groups is 1. The van der Waals surface area contributed by atoms with E-state index >= 15 is 0 Å². The maximum atomic E-state index is 12.0. The molecule has 0 aliphatic rings. The van der Waals surface area contributed by atoms with Crippen LogP contribution in [0.3, 0.4) is 0 Å². The Morgan fingerprint density at radius 2 is 1.88 bits per heavy atom. The number of benzene rings is 2. The van der Waals surface area contributed by atoms with E-state index in [-0.39, 0.29) is 11.0 Å². The Labute approximate surface area is 154 Å². The summed E-state index contributed by atoms with van der Waals surface area (Å²) in [6, 6.07) is 17.1. The van der Waals surface area contributed by atoms with Crippen LogP contribution in [0.4, 0.5) is 5.69 Å². The molecule has 0 radical (unpaired) electrons. The van der Waals surface area contributed by atoms with Crippen molar-refractivity contribution in [2.24, 2.45) is 5.92 Å². The summed E-state index contributed by atoms with van der Waals surface area (Å²) in [5.74, 6) is 1.24. The van der Waals surface area contributed by atoms with Crippen LogP contribution in [0.5, 0.6) is 5.75 Å². The summed E-state index contributed by atoms with van der Waals surface area (Å²) in [7, 11) is 0. The Bertz CT molecular complexity index is 702. The van der Waals surface area contributed by atoms with E-state index in [2.05, 4.69) is 24.5 Å². The van der Waals surface area contributed by atoms with Crippen LogP contribution in [0.1, 0.15) is 25.8 Å². The highest BCUT2D eigenvalue weighted by molar-refractivity contribution is 7.80. The number of hydrogen-bond donors (Lipinski definition) is 2. The first-order chi connectivity index (χ1) is 12.0. The molecule has 132 valence electrons. The van der Waals surface area contributed by atoms with E-state index in [1.54, 1.807) is 0 Å². The maximum absolute atomic E-state index is 12.0. The van der Waals surface area contributed by atoms with Gasteiger partial charge in [-0.2, -0.15) is 0 Å². The van der Waals surface area contributed by atoms with E-state index in [1.807, 2.05) is 54.6 Å². The Morgan fingerprint density at radius 3 is 2.60 bits per heavy atom. The smallest absolute Gasteiger partial charge is 0.230 e. The van der Waals surface area contributed by atoms with Crippen molar-refractivity contribution in [3.63, 3.8) is 0 Å². The average Bonchev–Trinajstić information content (AvgIpc) is 2.55. The second-order valence-electron chi connectivity index (χ2n) is 6.22.